The molecular weight excluding hydrogens is 562 g/mol. The quantitative estimate of drug-likeness (QED) is 0.0872. The van der Waals surface area contributed by atoms with Gasteiger partial charge in [-0.25, -0.2) is 15.1 Å². The average Bonchev–Trinajstić information content (AvgIpc) is 3.04. The molecule has 1 saturated heterocycles. The second-order valence-electron chi connectivity index (χ2n) is 11.5. The summed E-state index contributed by atoms with van der Waals surface area (Å²) in [5.74, 6) is -2.84. The van der Waals surface area contributed by atoms with Crippen LogP contribution in [0.15, 0.2) is 60.7 Å². The van der Waals surface area contributed by atoms with Crippen molar-refractivity contribution < 1.29 is 38.3 Å². The molecule has 44 heavy (non-hydrogen) atoms. The third-order valence-electron chi connectivity index (χ3n) is 8.20. The van der Waals surface area contributed by atoms with Crippen LogP contribution in [0.2, 0.25) is 0 Å². The van der Waals surface area contributed by atoms with Gasteiger partial charge in [-0.05, 0) is 17.5 Å². The van der Waals surface area contributed by atoms with Gasteiger partial charge < -0.3 is 15.2 Å². The van der Waals surface area contributed by atoms with Crippen molar-refractivity contribution in [3.8, 4) is 0 Å². The smallest absolute Gasteiger partial charge is 0.456 e. The summed E-state index contributed by atoms with van der Waals surface area (Å²) in [7, 11) is 0. The molecule has 10 nitrogen and oxygen atoms in total. The number of rotatable bonds is 18. The van der Waals surface area contributed by atoms with Crippen molar-refractivity contribution in [2.75, 3.05) is 19.6 Å². The molecule has 3 amide bonds. The first kappa shape index (κ1) is 34.9. The second-order valence-corrected chi connectivity index (χ2v) is 11.5. The third kappa shape index (κ3) is 10.5. The van der Waals surface area contributed by atoms with Crippen LogP contribution >= 0.6 is 0 Å². The van der Waals surface area contributed by atoms with Crippen molar-refractivity contribution in [3.63, 3.8) is 0 Å². The Morgan fingerprint density at radius 3 is 2.09 bits per heavy atom. The number of benzene rings is 2. The Bertz CT molecular complexity index is 1180. The highest BCUT2D eigenvalue weighted by molar-refractivity contribution is 5.90. The number of nitrogens with zero attached hydrogens (tertiary/aromatic N) is 1. The summed E-state index contributed by atoms with van der Waals surface area (Å²) in [5.41, 5.74) is 4.04. The topological polar surface area (TPSA) is 131 Å². The molecule has 240 valence electrons. The molecule has 0 spiro atoms. The summed E-state index contributed by atoms with van der Waals surface area (Å²) in [6.07, 6.45) is 7.10. The number of amides is 3. The van der Waals surface area contributed by atoms with Crippen LogP contribution in [0.5, 0.6) is 0 Å². The molecule has 1 unspecified atom stereocenters. The highest BCUT2D eigenvalue weighted by Gasteiger charge is 2.58. The Hall–Kier alpha value is -3.60. The van der Waals surface area contributed by atoms with Gasteiger partial charge >= 0.3 is 18.0 Å². The molecule has 1 aliphatic rings. The number of carboxylic acid groups (broad SMARTS) is 1. The number of hydrogen-bond donors (Lipinski definition) is 3. The van der Waals surface area contributed by atoms with Gasteiger partial charge in [-0.1, -0.05) is 119 Å². The predicted octanol–water partition coefficient (Wildman–Crippen LogP) is 5.51. The zero-order valence-electron chi connectivity index (χ0n) is 25.9. The molecule has 1 fully saturated rings. The maximum Gasteiger partial charge on any atom is 0.521 e. The normalized spacial score (nSPS) is 18.7. The molecule has 1 aliphatic heterocycles. The molecule has 0 radical (unpaired) electrons. The number of ether oxygens (including phenoxy) is 1. The van der Waals surface area contributed by atoms with Crippen LogP contribution in [0, 0.1) is 5.92 Å². The SMILES string of the molecule is CCCCCCCCCC[C@H](CC(=O)NOCc1ccccc1)C(=O)[N@+]1(C(=O)O)CCNCC1C(=O)OCc1ccccc1. The molecule has 0 bridgehead atoms. The molecule has 3 atom stereocenters. The summed E-state index contributed by atoms with van der Waals surface area (Å²) in [6.45, 7) is 2.38. The third-order valence-corrected chi connectivity index (χ3v) is 8.20. The summed E-state index contributed by atoms with van der Waals surface area (Å²) >= 11 is 0. The van der Waals surface area contributed by atoms with E-state index >= 15 is 0 Å². The van der Waals surface area contributed by atoms with Gasteiger partial charge in [-0.15, -0.1) is 4.48 Å². The van der Waals surface area contributed by atoms with E-state index in [0.29, 0.717) is 12.8 Å². The minimum atomic E-state index is -1.42. The maximum absolute atomic E-state index is 14.3. The van der Waals surface area contributed by atoms with Crippen molar-refractivity contribution in [1.82, 2.24) is 10.8 Å². The van der Waals surface area contributed by atoms with Crippen LogP contribution in [0.25, 0.3) is 0 Å². The van der Waals surface area contributed by atoms with E-state index in [1.54, 1.807) is 12.1 Å². The Morgan fingerprint density at radius 1 is 0.886 bits per heavy atom. The fourth-order valence-electron chi connectivity index (χ4n) is 5.68. The van der Waals surface area contributed by atoms with Crippen molar-refractivity contribution in [1.29, 1.82) is 0 Å². The van der Waals surface area contributed by atoms with E-state index in [4.69, 9.17) is 9.57 Å². The minimum Gasteiger partial charge on any atom is -0.456 e. The van der Waals surface area contributed by atoms with E-state index in [1.807, 2.05) is 48.5 Å². The molecule has 1 heterocycles. The molecule has 10 heteroatoms. The van der Waals surface area contributed by atoms with Gasteiger partial charge in [0.15, 0.2) is 0 Å². The zero-order valence-corrected chi connectivity index (χ0v) is 25.9. The number of hydroxylamine groups is 1. The highest BCUT2D eigenvalue weighted by Crippen LogP contribution is 2.28. The van der Waals surface area contributed by atoms with Crippen LogP contribution in [-0.4, -0.2) is 59.1 Å². The van der Waals surface area contributed by atoms with E-state index < -0.39 is 40.3 Å². The van der Waals surface area contributed by atoms with E-state index in [9.17, 15) is 24.3 Å². The molecule has 2 aromatic rings. The first-order chi connectivity index (χ1) is 21.4. The fraction of sp³-hybridized carbons (Fsp3) is 0.529. The van der Waals surface area contributed by atoms with Gasteiger partial charge in [0.25, 0.3) is 0 Å². The fourth-order valence-corrected chi connectivity index (χ4v) is 5.68. The Labute approximate surface area is 260 Å². The summed E-state index contributed by atoms with van der Waals surface area (Å²) in [5, 5.41) is 13.6. The number of piperazine rings is 1. The first-order valence-electron chi connectivity index (χ1n) is 15.9. The highest BCUT2D eigenvalue weighted by atomic mass is 16.6. The molecule has 0 saturated carbocycles. The number of carbonyl (C=O) groups excluding carboxylic acids is 3. The minimum absolute atomic E-state index is 0.0253. The van der Waals surface area contributed by atoms with E-state index in [0.717, 1.165) is 36.8 Å². The molecule has 3 rings (SSSR count). The molecule has 0 aliphatic carbocycles. The number of esters is 1. The lowest BCUT2D eigenvalue weighted by Crippen LogP contribution is -2.73. The van der Waals surface area contributed by atoms with E-state index in [-0.39, 0.29) is 39.3 Å². The zero-order chi connectivity index (χ0) is 31.6. The van der Waals surface area contributed by atoms with E-state index in [1.165, 1.54) is 19.3 Å². The predicted molar refractivity (Wildman–Crippen MR) is 166 cm³/mol. The van der Waals surface area contributed by atoms with Crippen molar-refractivity contribution in [3.05, 3.63) is 71.8 Å². The summed E-state index contributed by atoms with van der Waals surface area (Å²) in [6, 6.07) is 17.1. The van der Waals surface area contributed by atoms with Crippen molar-refractivity contribution in [2.45, 2.75) is 90.4 Å². The number of hydrogen-bond acceptors (Lipinski definition) is 7. The maximum atomic E-state index is 14.3. The first-order valence-corrected chi connectivity index (χ1v) is 15.9. The number of nitrogens with one attached hydrogen (secondary N) is 2. The molecule has 2 aromatic carbocycles. The van der Waals surface area contributed by atoms with Gasteiger partial charge in [0, 0.05) is 13.0 Å². The van der Waals surface area contributed by atoms with Crippen molar-refractivity contribution in [2.24, 2.45) is 5.92 Å². The Morgan fingerprint density at radius 2 is 1.48 bits per heavy atom. The van der Waals surface area contributed by atoms with Gasteiger partial charge in [-0.3, -0.25) is 9.63 Å². The number of unbranched alkanes of at least 4 members (excludes halogenated alkanes) is 7. The monoisotopic (exact) mass is 610 g/mol. The average molecular weight is 611 g/mol. The molecule has 3 N–H and O–H groups in total. The number of imide groups is 1. The number of carbonyl (C=O) groups is 4. The Balaban J connectivity index is 1.71. The largest absolute Gasteiger partial charge is 0.521 e. The Kier molecular flexibility index (Phi) is 15.0. The second kappa shape index (κ2) is 18.9. The number of quaternary nitrogens is 1. The van der Waals surface area contributed by atoms with E-state index in [2.05, 4.69) is 17.7 Å². The van der Waals surface area contributed by atoms with Crippen LogP contribution in [0.4, 0.5) is 4.79 Å². The van der Waals surface area contributed by atoms with Gasteiger partial charge in [0.2, 0.25) is 11.9 Å². The summed E-state index contributed by atoms with van der Waals surface area (Å²) in [4.78, 5) is 58.9. The van der Waals surface area contributed by atoms with Gasteiger partial charge in [0.05, 0.1) is 19.1 Å². The molecular formula is C34H48N3O7+. The molecule has 0 aromatic heterocycles. The van der Waals surface area contributed by atoms with Crippen molar-refractivity contribution >= 4 is 23.9 Å². The summed E-state index contributed by atoms with van der Waals surface area (Å²) < 4.78 is 4.43. The van der Waals surface area contributed by atoms with Crippen LogP contribution in [-0.2, 0) is 37.2 Å². The lowest BCUT2D eigenvalue weighted by Gasteiger charge is -2.40. The van der Waals surface area contributed by atoms with Crippen LogP contribution < -0.4 is 10.8 Å². The lowest BCUT2D eigenvalue weighted by molar-refractivity contribution is -0.804. The van der Waals surface area contributed by atoms with Gasteiger partial charge in [0.1, 0.15) is 13.2 Å². The van der Waals surface area contributed by atoms with Gasteiger partial charge in [-0.2, -0.15) is 4.79 Å². The van der Waals surface area contributed by atoms with Crippen LogP contribution in [0.1, 0.15) is 82.3 Å². The standard InChI is InChI=1S/C34H47N3O7/c1-2-3-4-5-6-7-8-15-20-29(23-31(38)36-44-26-28-18-13-10-14-19-28)32(39)37(34(41)42)22-21-35-24-30(37)33(40)43-25-27-16-11-9-12-17-27/h9-14,16-19,29-30,35H,2-8,15,20-26H2,1H3,(H-,36,38,41,42)/p+1/t29-,30?,37+/m1/s1. The lowest BCUT2D eigenvalue weighted by atomic mass is 9.92. The van der Waals surface area contributed by atoms with Crippen LogP contribution in [0.3, 0.4) is 0 Å².